The highest BCUT2D eigenvalue weighted by atomic mass is 19.1. The van der Waals surface area contributed by atoms with Gasteiger partial charge in [0.25, 0.3) is 5.56 Å². The van der Waals surface area contributed by atoms with Gasteiger partial charge in [0, 0.05) is 24.6 Å². The molecule has 0 saturated heterocycles. The van der Waals surface area contributed by atoms with E-state index in [0.717, 1.165) is 0 Å². The molecule has 0 spiro atoms. The fourth-order valence-corrected chi connectivity index (χ4v) is 1.74. The van der Waals surface area contributed by atoms with E-state index in [1.54, 1.807) is 14.0 Å². The zero-order chi connectivity index (χ0) is 14.0. The van der Waals surface area contributed by atoms with Crippen molar-refractivity contribution in [1.82, 2.24) is 9.97 Å². The van der Waals surface area contributed by atoms with Crippen LogP contribution >= 0.6 is 0 Å². The summed E-state index contributed by atoms with van der Waals surface area (Å²) in [5.41, 5.74) is 0.274. The van der Waals surface area contributed by atoms with E-state index in [0.29, 0.717) is 11.3 Å². The lowest BCUT2D eigenvalue weighted by Crippen LogP contribution is -2.17. The molecule has 2 rings (SSSR count). The lowest BCUT2D eigenvalue weighted by atomic mass is 10.1. The Labute approximate surface area is 108 Å². The molecule has 2 aromatic rings. The molecule has 1 heterocycles. The van der Waals surface area contributed by atoms with E-state index in [9.17, 15) is 13.6 Å². The topological polar surface area (TPSA) is 57.8 Å². The maximum atomic E-state index is 13.6. The minimum Gasteiger partial charge on any atom is -0.359 e. The standard InChI is InChI=1S/C13H13F2N3O/c1-7-11(17-13(16-2)18-12(7)19)6-8-9(14)4-3-5-10(8)15/h3-5H,6H2,1-2H3,(H2,16,17,18,19). The Morgan fingerprint density at radius 2 is 1.95 bits per heavy atom. The normalized spacial score (nSPS) is 10.5. The number of nitrogens with one attached hydrogen (secondary N) is 2. The highest BCUT2D eigenvalue weighted by Gasteiger charge is 2.13. The summed E-state index contributed by atoms with van der Waals surface area (Å²) in [6.45, 7) is 1.57. The monoisotopic (exact) mass is 265 g/mol. The number of hydrogen-bond donors (Lipinski definition) is 2. The molecule has 0 aliphatic carbocycles. The summed E-state index contributed by atoms with van der Waals surface area (Å²) in [5.74, 6) is -1.03. The molecule has 1 aromatic heterocycles. The van der Waals surface area contributed by atoms with Gasteiger partial charge in [0.05, 0.1) is 5.69 Å². The van der Waals surface area contributed by atoms with E-state index >= 15 is 0 Å². The number of hydrogen-bond acceptors (Lipinski definition) is 3. The lowest BCUT2D eigenvalue weighted by Gasteiger charge is -2.08. The molecule has 100 valence electrons. The molecule has 0 unspecified atom stereocenters. The summed E-state index contributed by atoms with van der Waals surface area (Å²) in [4.78, 5) is 18.3. The zero-order valence-corrected chi connectivity index (χ0v) is 10.6. The summed E-state index contributed by atoms with van der Waals surface area (Å²) in [6, 6.07) is 3.66. The Hall–Kier alpha value is -2.24. The number of nitrogens with zero attached hydrogens (tertiary/aromatic N) is 1. The number of halogens is 2. The van der Waals surface area contributed by atoms with Gasteiger partial charge in [0.15, 0.2) is 0 Å². The summed E-state index contributed by atoms with van der Waals surface area (Å²) < 4.78 is 27.2. The van der Waals surface area contributed by atoms with Crippen molar-refractivity contribution in [3.8, 4) is 0 Å². The van der Waals surface area contributed by atoms with Gasteiger partial charge in [-0.2, -0.15) is 0 Å². The van der Waals surface area contributed by atoms with Crippen molar-refractivity contribution in [2.75, 3.05) is 12.4 Å². The first-order chi connectivity index (χ1) is 9.02. The second-order valence-corrected chi connectivity index (χ2v) is 4.11. The van der Waals surface area contributed by atoms with E-state index in [1.807, 2.05) is 0 Å². The van der Waals surface area contributed by atoms with Crippen LogP contribution in [-0.2, 0) is 6.42 Å². The van der Waals surface area contributed by atoms with Gasteiger partial charge < -0.3 is 5.32 Å². The Bertz CT molecular complexity index is 647. The third-order valence-electron chi connectivity index (χ3n) is 2.89. The SMILES string of the molecule is CNc1nc(Cc2c(F)cccc2F)c(C)c(=O)[nH]1. The van der Waals surface area contributed by atoms with Crippen LogP contribution in [0.25, 0.3) is 0 Å². The first kappa shape index (κ1) is 13.2. The fraction of sp³-hybridized carbons (Fsp3) is 0.231. The first-order valence-corrected chi connectivity index (χ1v) is 5.73. The van der Waals surface area contributed by atoms with Gasteiger partial charge in [-0.15, -0.1) is 0 Å². The van der Waals surface area contributed by atoms with Crippen LogP contribution in [0.1, 0.15) is 16.8 Å². The second-order valence-electron chi connectivity index (χ2n) is 4.11. The quantitative estimate of drug-likeness (QED) is 0.892. The molecule has 19 heavy (non-hydrogen) atoms. The summed E-state index contributed by atoms with van der Waals surface area (Å²) in [6.07, 6.45) is -0.0665. The predicted octanol–water partition coefficient (Wildman–Crippen LogP) is 1.99. The van der Waals surface area contributed by atoms with Gasteiger partial charge in [-0.25, -0.2) is 13.8 Å². The maximum absolute atomic E-state index is 13.6. The van der Waals surface area contributed by atoms with E-state index in [1.165, 1.54) is 18.2 Å². The Kier molecular flexibility index (Phi) is 3.59. The molecule has 0 aliphatic rings. The molecule has 0 saturated carbocycles. The van der Waals surface area contributed by atoms with Crippen LogP contribution in [0, 0.1) is 18.6 Å². The molecule has 0 amide bonds. The van der Waals surface area contributed by atoms with Gasteiger partial charge in [-0.1, -0.05) is 6.07 Å². The zero-order valence-electron chi connectivity index (χ0n) is 10.6. The number of benzene rings is 1. The van der Waals surface area contributed by atoms with Crippen molar-refractivity contribution in [1.29, 1.82) is 0 Å². The largest absolute Gasteiger partial charge is 0.359 e. The molecule has 0 aliphatic heterocycles. The number of rotatable bonds is 3. The van der Waals surface area contributed by atoms with Crippen LogP contribution in [0.2, 0.25) is 0 Å². The number of H-pyrrole nitrogens is 1. The molecule has 4 nitrogen and oxygen atoms in total. The Morgan fingerprint density at radius 1 is 1.32 bits per heavy atom. The minimum absolute atomic E-state index is 0.0665. The third kappa shape index (κ3) is 2.62. The highest BCUT2D eigenvalue weighted by Crippen LogP contribution is 2.17. The van der Waals surface area contributed by atoms with E-state index in [4.69, 9.17) is 0 Å². The highest BCUT2D eigenvalue weighted by molar-refractivity contribution is 5.33. The van der Waals surface area contributed by atoms with E-state index in [-0.39, 0.29) is 23.5 Å². The van der Waals surface area contributed by atoms with Crippen molar-refractivity contribution in [2.24, 2.45) is 0 Å². The fourth-order valence-electron chi connectivity index (χ4n) is 1.74. The van der Waals surface area contributed by atoms with Gasteiger partial charge in [-0.05, 0) is 19.1 Å². The van der Waals surface area contributed by atoms with Gasteiger partial charge in [0.2, 0.25) is 5.95 Å². The van der Waals surface area contributed by atoms with Crippen molar-refractivity contribution in [3.63, 3.8) is 0 Å². The smallest absolute Gasteiger partial charge is 0.255 e. The molecule has 2 N–H and O–H groups in total. The van der Waals surface area contributed by atoms with Crippen molar-refractivity contribution >= 4 is 5.95 Å². The van der Waals surface area contributed by atoms with Crippen molar-refractivity contribution in [3.05, 3.63) is 57.0 Å². The van der Waals surface area contributed by atoms with Crippen LogP contribution < -0.4 is 10.9 Å². The van der Waals surface area contributed by atoms with Crippen LogP contribution in [-0.4, -0.2) is 17.0 Å². The molecule has 6 heteroatoms. The third-order valence-corrected chi connectivity index (χ3v) is 2.89. The molecular weight excluding hydrogens is 252 g/mol. The summed E-state index contributed by atoms with van der Waals surface area (Å²) in [7, 11) is 1.60. The predicted molar refractivity (Wildman–Crippen MR) is 68.3 cm³/mol. The molecule has 0 fully saturated rings. The Morgan fingerprint density at radius 3 is 2.53 bits per heavy atom. The van der Waals surface area contributed by atoms with Gasteiger partial charge >= 0.3 is 0 Å². The van der Waals surface area contributed by atoms with Crippen molar-refractivity contribution in [2.45, 2.75) is 13.3 Å². The average molecular weight is 265 g/mol. The summed E-state index contributed by atoms with van der Waals surface area (Å²) >= 11 is 0. The van der Waals surface area contributed by atoms with E-state index in [2.05, 4.69) is 15.3 Å². The van der Waals surface area contributed by atoms with Gasteiger partial charge in [0.1, 0.15) is 11.6 Å². The lowest BCUT2D eigenvalue weighted by molar-refractivity contribution is 0.560. The summed E-state index contributed by atoms with van der Waals surface area (Å²) in [5, 5.41) is 2.70. The number of anilines is 1. The van der Waals surface area contributed by atoms with Gasteiger partial charge in [-0.3, -0.25) is 9.78 Å². The molecule has 0 radical (unpaired) electrons. The van der Waals surface area contributed by atoms with Crippen LogP contribution in [0.15, 0.2) is 23.0 Å². The van der Waals surface area contributed by atoms with Crippen LogP contribution in [0.3, 0.4) is 0 Å². The molecule has 0 bridgehead atoms. The van der Waals surface area contributed by atoms with Crippen molar-refractivity contribution < 1.29 is 8.78 Å². The maximum Gasteiger partial charge on any atom is 0.255 e. The average Bonchev–Trinajstić information content (AvgIpc) is 2.38. The first-order valence-electron chi connectivity index (χ1n) is 5.73. The van der Waals surface area contributed by atoms with Crippen LogP contribution in [0.4, 0.5) is 14.7 Å². The second kappa shape index (κ2) is 5.17. The van der Waals surface area contributed by atoms with Crippen LogP contribution in [0.5, 0.6) is 0 Å². The molecule has 1 aromatic carbocycles. The molecular formula is C13H13F2N3O. The minimum atomic E-state index is -0.646. The number of aromatic nitrogens is 2. The molecule has 0 atom stereocenters. The van der Waals surface area contributed by atoms with E-state index < -0.39 is 11.6 Å². The number of aromatic amines is 1. The Balaban J connectivity index is 2.49.